The lowest BCUT2D eigenvalue weighted by Gasteiger charge is -2.16. The van der Waals surface area contributed by atoms with Gasteiger partial charge in [0, 0.05) is 6.42 Å². The summed E-state index contributed by atoms with van der Waals surface area (Å²) in [7, 11) is 0. The molecule has 2 aromatic rings. The van der Waals surface area contributed by atoms with E-state index in [0.717, 1.165) is 23.3 Å². The van der Waals surface area contributed by atoms with Crippen LogP contribution >= 0.6 is 11.6 Å². The van der Waals surface area contributed by atoms with Crippen molar-refractivity contribution in [1.82, 2.24) is 0 Å². The van der Waals surface area contributed by atoms with Gasteiger partial charge in [0.2, 0.25) is 0 Å². The van der Waals surface area contributed by atoms with Crippen molar-refractivity contribution in [2.24, 2.45) is 0 Å². The average Bonchev–Trinajstić information content (AvgIpc) is 2.73. The highest BCUT2D eigenvalue weighted by molar-refractivity contribution is 6.30. The zero-order chi connectivity index (χ0) is 15.2. The van der Waals surface area contributed by atoms with Crippen LogP contribution in [0.25, 0.3) is 0 Å². The van der Waals surface area contributed by atoms with Crippen LogP contribution in [-0.4, -0.2) is 10.7 Å². The van der Waals surface area contributed by atoms with Crippen molar-refractivity contribution in [2.75, 3.05) is 0 Å². The predicted molar refractivity (Wildman–Crippen MR) is 80.3 cm³/mol. The van der Waals surface area contributed by atoms with Crippen molar-refractivity contribution in [3.8, 4) is 5.75 Å². The zero-order valence-electron chi connectivity index (χ0n) is 11.9. The molecule has 2 nitrogen and oxygen atoms in total. The number of hydrogen-bond donors (Lipinski definition) is 1. The van der Waals surface area contributed by atoms with E-state index in [2.05, 4.69) is 0 Å². The van der Waals surface area contributed by atoms with E-state index in [1.807, 2.05) is 32.0 Å². The molecule has 3 rings (SSSR count). The van der Waals surface area contributed by atoms with E-state index in [1.165, 1.54) is 12.1 Å². The normalized spacial score (nSPS) is 17.2. The van der Waals surface area contributed by atoms with Gasteiger partial charge in [-0.05, 0) is 54.8 Å². The van der Waals surface area contributed by atoms with Crippen LogP contribution in [-0.2, 0) is 6.42 Å². The van der Waals surface area contributed by atoms with E-state index in [4.69, 9.17) is 16.3 Å². The Morgan fingerprint density at radius 2 is 1.86 bits per heavy atom. The Labute approximate surface area is 128 Å². The van der Waals surface area contributed by atoms with Crippen LogP contribution in [0, 0.1) is 5.82 Å². The molecule has 1 heterocycles. The maximum atomic E-state index is 13.2. The molecule has 1 atom stereocenters. The predicted octanol–water partition coefficient (Wildman–Crippen LogP) is 4.27. The SMILES string of the molecule is CC1(C)Cc2cc(C(O)c3ccc(F)c(Cl)c3)ccc2O1. The first-order valence-electron chi connectivity index (χ1n) is 6.80. The van der Waals surface area contributed by atoms with Crippen LogP contribution in [0.4, 0.5) is 4.39 Å². The third-order valence-corrected chi connectivity index (χ3v) is 3.95. The number of aliphatic hydroxyl groups is 1. The second kappa shape index (κ2) is 5.00. The van der Waals surface area contributed by atoms with Gasteiger partial charge in [-0.25, -0.2) is 4.39 Å². The van der Waals surface area contributed by atoms with Gasteiger partial charge in [-0.15, -0.1) is 0 Å². The van der Waals surface area contributed by atoms with Gasteiger partial charge < -0.3 is 9.84 Å². The van der Waals surface area contributed by atoms with Gasteiger partial charge in [0.25, 0.3) is 0 Å². The van der Waals surface area contributed by atoms with Crippen molar-refractivity contribution >= 4 is 11.6 Å². The van der Waals surface area contributed by atoms with Crippen molar-refractivity contribution in [3.05, 3.63) is 63.9 Å². The van der Waals surface area contributed by atoms with E-state index < -0.39 is 11.9 Å². The second-order valence-corrected chi connectivity index (χ2v) is 6.39. The lowest BCUT2D eigenvalue weighted by Crippen LogP contribution is -2.24. The van der Waals surface area contributed by atoms with Gasteiger partial charge in [0.15, 0.2) is 0 Å². The lowest BCUT2D eigenvalue weighted by atomic mass is 9.96. The highest BCUT2D eigenvalue weighted by Crippen LogP contribution is 2.37. The van der Waals surface area contributed by atoms with Crippen LogP contribution in [0.15, 0.2) is 36.4 Å². The summed E-state index contributed by atoms with van der Waals surface area (Å²) in [6.07, 6.45) is -0.0373. The van der Waals surface area contributed by atoms with Crippen LogP contribution in [0.3, 0.4) is 0 Å². The Kier molecular flexibility index (Phi) is 3.42. The first-order valence-corrected chi connectivity index (χ1v) is 7.18. The monoisotopic (exact) mass is 306 g/mol. The van der Waals surface area contributed by atoms with E-state index in [1.54, 1.807) is 6.07 Å². The smallest absolute Gasteiger partial charge is 0.141 e. The molecule has 0 saturated heterocycles. The minimum atomic E-state index is -0.836. The first kappa shape index (κ1) is 14.4. The molecule has 0 radical (unpaired) electrons. The van der Waals surface area contributed by atoms with Crippen LogP contribution in [0.2, 0.25) is 5.02 Å². The van der Waals surface area contributed by atoms with Crippen molar-refractivity contribution in [3.63, 3.8) is 0 Å². The number of aliphatic hydroxyl groups excluding tert-OH is 1. The largest absolute Gasteiger partial charge is 0.487 e. The molecule has 0 aliphatic carbocycles. The molecule has 0 fully saturated rings. The van der Waals surface area contributed by atoms with Gasteiger partial charge in [-0.1, -0.05) is 23.7 Å². The summed E-state index contributed by atoms with van der Waals surface area (Å²) in [5.41, 5.74) is 2.17. The van der Waals surface area contributed by atoms with E-state index in [-0.39, 0.29) is 10.6 Å². The number of benzene rings is 2. The third kappa shape index (κ3) is 2.76. The molecule has 1 unspecified atom stereocenters. The molecular weight excluding hydrogens is 291 g/mol. The summed E-state index contributed by atoms with van der Waals surface area (Å²) in [5.74, 6) is 0.366. The number of halogens is 2. The molecule has 110 valence electrons. The molecule has 0 bridgehead atoms. The Balaban J connectivity index is 1.93. The maximum absolute atomic E-state index is 13.2. The second-order valence-electron chi connectivity index (χ2n) is 5.98. The Hall–Kier alpha value is -1.58. The van der Waals surface area contributed by atoms with Gasteiger partial charge >= 0.3 is 0 Å². The fraction of sp³-hybridized carbons (Fsp3) is 0.294. The molecule has 1 aliphatic rings. The molecule has 1 N–H and O–H groups in total. The standard InChI is InChI=1S/C17H16ClFO2/c1-17(2)9-12-7-10(4-6-15(12)21-17)16(20)11-3-5-14(19)13(18)8-11/h3-8,16,20H,9H2,1-2H3. The highest BCUT2D eigenvalue weighted by Gasteiger charge is 2.30. The number of fused-ring (bicyclic) bond motifs is 1. The molecule has 0 spiro atoms. The number of ether oxygens (including phenoxy) is 1. The highest BCUT2D eigenvalue weighted by atomic mass is 35.5. The zero-order valence-corrected chi connectivity index (χ0v) is 12.6. The minimum Gasteiger partial charge on any atom is -0.487 e. The van der Waals surface area contributed by atoms with Gasteiger partial charge in [-0.2, -0.15) is 0 Å². The Bertz CT molecular complexity index is 697. The topological polar surface area (TPSA) is 29.5 Å². The quantitative estimate of drug-likeness (QED) is 0.897. The molecular formula is C17H16ClFO2. The van der Waals surface area contributed by atoms with Crippen molar-refractivity contribution in [2.45, 2.75) is 32.0 Å². The van der Waals surface area contributed by atoms with E-state index in [0.29, 0.717) is 5.56 Å². The fourth-order valence-electron chi connectivity index (χ4n) is 2.67. The van der Waals surface area contributed by atoms with Gasteiger partial charge in [0.05, 0.1) is 5.02 Å². The fourth-order valence-corrected chi connectivity index (χ4v) is 2.86. The summed E-state index contributed by atoms with van der Waals surface area (Å²) in [6.45, 7) is 4.06. The Morgan fingerprint density at radius 3 is 2.57 bits per heavy atom. The molecule has 0 amide bonds. The maximum Gasteiger partial charge on any atom is 0.141 e. The molecule has 1 aliphatic heterocycles. The summed E-state index contributed by atoms with van der Waals surface area (Å²) < 4.78 is 19.0. The molecule has 0 saturated carbocycles. The van der Waals surface area contributed by atoms with Crippen molar-refractivity contribution in [1.29, 1.82) is 0 Å². The summed E-state index contributed by atoms with van der Waals surface area (Å²) in [5, 5.41) is 10.5. The summed E-state index contributed by atoms with van der Waals surface area (Å²) in [6, 6.07) is 9.89. The van der Waals surface area contributed by atoms with Crippen LogP contribution < -0.4 is 4.74 Å². The number of hydrogen-bond acceptors (Lipinski definition) is 2. The minimum absolute atomic E-state index is 0.0113. The molecule has 2 aromatic carbocycles. The molecule has 4 heteroatoms. The average molecular weight is 307 g/mol. The molecule has 0 aromatic heterocycles. The van der Waals surface area contributed by atoms with Crippen molar-refractivity contribution < 1.29 is 14.2 Å². The van der Waals surface area contributed by atoms with Crippen LogP contribution in [0.1, 0.15) is 36.6 Å². The summed E-state index contributed by atoms with van der Waals surface area (Å²) >= 11 is 5.77. The van der Waals surface area contributed by atoms with Gasteiger partial charge in [-0.3, -0.25) is 0 Å². The Morgan fingerprint density at radius 1 is 1.19 bits per heavy atom. The van der Waals surface area contributed by atoms with Crippen LogP contribution in [0.5, 0.6) is 5.75 Å². The van der Waals surface area contributed by atoms with Gasteiger partial charge in [0.1, 0.15) is 23.3 Å². The third-order valence-electron chi connectivity index (χ3n) is 3.66. The van der Waals surface area contributed by atoms with E-state index >= 15 is 0 Å². The first-order chi connectivity index (χ1) is 9.85. The lowest BCUT2D eigenvalue weighted by molar-refractivity contribution is 0.138. The number of rotatable bonds is 2. The molecule has 21 heavy (non-hydrogen) atoms. The summed E-state index contributed by atoms with van der Waals surface area (Å²) in [4.78, 5) is 0. The van der Waals surface area contributed by atoms with E-state index in [9.17, 15) is 9.50 Å².